The largest absolute Gasteiger partial charge is 0.342 e. The summed E-state index contributed by atoms with van der Waals surface area (Å²) in [6.07, 6.45) is 0.401. The molecule has 1 unspecified atom stereocenters. The summed E-state index contributed by atoms with van der Waals surface area (Å²) in [5.41, 5.74) is 0. The quantitative estimate of drug-likeness (QED) is 0.834. The van der Waals surface area contributed by atoms with Gasteiger partial charge in [0.25, 0.3) is 0 Å². The molecule has 1 atom stereocenters. The zero-order chi connectivity index (χ0) is 13.1. The number of carbonyl (C=O) groups is 1. The van der Waals surface area contributed by atoms with E-state index in [0.717, 1.165) is 0 Å². The number of hydrogen-bond acceptors (Lipinski definition) is 3. The van der Waals surface area contributed by atoms with E-state index in [-0.39, 0.29) is 10.8 Å². The maximum absolute atomic E-state index is 12.2. The zero-order valence-corrected chi connectivity index (χ0v) is 11.1. The first-order valence-electron chi connectivity index (χ1n) is 5.08. The van der Waals surface area contributed by atoms with Crippen LogP contribution in [-0.4, -0.2) is 20.2 Å². The van der Waals surface area contributed by atoms with Crippen molar-refractivity contribution in [1.82, 2.24) is 5.32 Å². The molecule has 0 aliphatic carbocycles. The van der Waals surface area contributed by atoms with E-state index in [4.69, 9.17) is 11.6 Å². The highest BCUT2D eigenvalue weighted by Gasteiger charge is 2.29. The lowest BCUT2D eigenvalue weighted by atomic mass is 10.2. The molecule has 4 nitrogen and oxygen atoms in total. The van der Waals surface area contributed by atoms with Crippen LogP contribution in [-0.2, 0) is 14.6 Å². The summed E-state index contributed by atoms with van der Waals surface area (Å²) in [5, 5.41) is 1.87. The van der Waals surface area contributed by atoms with Crippen LogP contribution in [0.4, 0.5) is 0 Å². The van der Waals surface area contributed by atoms with Crippen LogP contribution in [0.5, 0.6) is 0 Å². The molecule has 0 saturated heterocycles. The maximum atomic E-state index is 12.2. The van der Waals surface area contributed by atoms with Gasteiger partial charge in [-0.15, -0.1) is 0 Å². The SMILES string of the molecule is CC(C)C(NC=O)S(=O)(=O)c1ccc(Cl)cc1. The van der Waals surface area contributed by atoms with Crippen LogP contribution in [0.1, 0.15) is 13.8 Å². The predicted octanol–water partition coefficient (Wildman–Crippen LogP) is 1.84. The Morgan fingerprint density at radius 3 is 2.18 bits per heavy atom. The van der Waals surface area contributed by atoms with Crippen LogP contribution in [0.3, 0.4) is 0 Å². The molecule has 17 heavy (non-hydrogen) atoms. The highest BCUT2D eigenvalue weighted by Crippen LogP contribution is 2.21. The smallest absolute Gasteiger partial charge is 0.208 e. The molecule has 1 aromatic rings. The lowest BCUT2D eigenvalue weighted by Crippen LogP contribution is -2.40. The Balaban J connectivity index is 3.16. The third-order valence-electron chi connectivity index (χ3n) is 2.31. The van der Waals surface area contributed by atoms with Gasteiger partial charge in [0.2, 0.25) is 6.41 Å². The van der Waals surface area contributed by atoms with Crippen LogP contribution >= 0.6 is 11.6 Å². The van der Waals surface area contributed by atoms with E-state index in [1.807, 2.05) is 0 Å². The molecule has 0 radical (unpaired) electrons. The Labute approximate surface area is 106 Å². The van der Waals surface area contributed by atoms with Crippen molar-refractivity contribution in [2.24, 2.45) is 5.92 Å². The van der Waals surface area contributed by atoms with Gasteiger partial charge in [0, 0.05) is 5.02 Å². The molecular weight excluding hydrogens is 262 g/mol. The van der Waals surface area contributed by atoms with Gasteiger partial charge in [-0.25, -0.2) is 8.42 Å². The summed E-state index contributed by atoms with van der Waals surface area (Å²) in [6, 6.07) is 5.87. The molecule has 1 amide bonds. The van der Waals surface area contributed by atoms with Crippen molar-refractivity contribution >= 4 is 27.8 Å². The lowest BCUT2D eigenvalue weighted by Gasteiger charge is -2.20. The van der Waals surface area contributed by atoms with Crippen LogP contribution in [0.15, 0.2) is 29.2 Å². The average molecular weight is 276 g/mol. The molecule has 6 heteroatoms. The Hall–Kier alpha value is -1.07. The second-order valence-corrected chi connectivity index (χ2v) is 6.45. The molecule has 1 rings (SSSR count). The summed E-state index contributed by atoms with van der Waals surface area (Å²) in [4.78, 5) is 10.6. The van der Waals surface area contributed by atoms with Crippen LogP contribution in [0.2, 0.25) is 5.02 Å². The number of halogens is 1. The maximum Gasteiger partial charge on any atom is 0.208 e. The van der Waals surface area contributed by atoms with Crippen molar-refractivity contribution in [3.63, 3.8) is 0 Å². The Morgan fingerprint density at radius 1 is 1.24 bits per heavy atom. The molecule has 0 saturated carbocycles. The molecule has 0 heterocycles. The fraction of sp³-hybridized carbons (Fsp3) is 0.364. The van der Waals surface area contributed by atoms with E-state index in [1.54, 1.807) is 13.8 Å². The second kappa shape index (κ2) is 5.51. The van der Waals surface area contributed by atoms with Gasteiger partial charge in [0.1, 0.15) is 5.37 Å². The number of nitrogens with one attached hydrogen (secondary N) is 1. The van der Waals surface area contributed by atoms with Crippen molar-refractivity contribution in [3.8, 4) is 0 Å². The van der Waals surface area contributed by atoms with Crippen molar-refractivity contribution in [2.75, 3.05) is 0 Å². The van der Waals surface area contributed by atoms with E-state index < -0.39 is 15.2 Å². The number of amides is 1. The van der Waals surface area contributed by atoms with Gasteiger partial charge in [-0.1, -0.05) is 25.4 Å². The topological polar surface area (TPSA) is 63.2 Å². The van der Waals surface area contributed by atoms with Gasteiger partial charge in [0.15, 0.2) is 9.84 Å². The van der Waals surface area contributed by atoms with Crippen molar-refractivity contribution < 1.29 is 13.2 Å². The van der Waals surface area contributed by atoms with Crippen molar-refractivity contribution in [2.45, 2.75) is 24.1 Å². The van der Waals surface area contributed by atoms with Gasteiger partial charge < -0.3 is 5.32 Å². The molecule has 0 spiro atoms. The second-order valence-electron chi connectivity index (χ2n) is 3.95. The first kappa shape index (κ1) is 14.0. The minimum Gasteiger partial charge on any atom is -0.342 e. The fourth-order valence-corrected chi connectivity index (χ4v) is 3.36. The minimum atomic E-state index is -3.58. The number of carbonyl (C=O) groups excluding carboxylic acids is 1. The first-order chi connectivity index (χ1) is 7.89. The molecule has 0 bridgehead atoms. The van der Waals surface area contributed by atoms with Gasteiger partial charge >= 0.3 is 0 Å². The number of hydrogen-bond donors (Lipinski definition) is 1. The Bertz CT molecular complexity index is 482. The molecule has 1 N–H and O–H groups in total. The number of benzene rings is 1. The van der Waals surface area contributed by atoms with Crippen molar-refractivity contribution in [1.29, 1.82) is 0 Å². The average Bonchev–Trinajstić information content (AvgIpc) is 2.25. The molecule has 94 valence electrons. The normalized spacial score (nSPS) is 13.4. The third kappa shape index (κ3) is 3.20. The first-order valence-corrected chi connectivity index (χ1v) is 7.01. The van der Waals surface area contributed by atoms with Crippen LogP contribution in [0.25, 0.3) is 0 Å². The van der Waals surface area contributed by atoms with Crippen molar-refractivity contribution in [3.05, 3.63) is 29.3 Å². The summed E-state index contributed by atoms with van der Waals surface area (Å²) < 4.78 is 24.4. The van der Waals surface area contributed by atoms with Gasteiger partial charge in [-0.3, -0.25) is 4.79 Å². The zero-order valence-electron chi connectivity index (χ0n) is 9.55. The lowest BCUT2D eigenvalue weighted by molar-refractivity contribution is -0.109. The third-order valence-corrected chi connectivity index (χ3v) is 4.84. The summed E-state index contributed by atoms with van der Waals surface area (Å²) in [6.45, 7) is 3.46. The van der Waals surface area contributed by atoms with Crippen LogP contribution < -0.4 is 5.32 Å². The van der Waals surface area contributed by atoms with E-state index in [9.17, 15) is 13.2 Å². The standard InChI is InChI=1S/C11H14ClNO3S/c1-8(2)11(13-7-14)17(15,16)10-5-3-9(12)4-6-10/h3-8,11H,1-2H3,(H,13,14). The van der Waals surface area contributed by atoms with E-state index >= 15 is 0 Å². The summed E-state index contributed by atoms with van der Waals surface area (Å²) >= 11 is 5.70. The van der Waals surface area contributed by atoms with Gasteiger partial charge in [-0.2, -0.15) is 0 Å². The summed E-state index contributed by atoms with van der Waals surface area (Å²) in [7, 11) is -3.58. The van der Waals surface area contributed by atoms with Crippen LogP contribution in [0, 0.1) is 5.92 Å². The minimum absolute atomic E-state index is 0.148. The van der Waals surface area contributed by atoms with E-state index in [2.05, 4.69) is 5.32 Å². The number of rotatable bonds is 5. The predicted molar refractivity (Wildman–Crippen MR) is 66.5 cm³/mol. The van der Waals surface area contributed by atoms with E-state index in [1.165, 1.54) is 24.3 Å². The summed E-state index contributed by atoms with van der Waals surface area (Å²) in [5.74, 6) is -0.221. The molecular formula is C11H14ClNO3S. The molecule has 0 aliphatic rings. The molecule has 0 fully saturated rings. The molecule has 1 aromatic carbocycles. The monoisotopic (exact) mass is 275 g/mol. The van der Waals surface area contributed by atoms with Gasteiger partial charge in [-0.05, 0) is 30.2 Å². The highest BCUT2D eigenvalue weighted by atomic mass is 35.5. The Kier molecular flexibility index (Phi) is 4.54. The number of sulfone groups is 1. The highest BCUT2D eigenvalue weighted by molar-refractivity contribution is 7.92. The Morgan fingerprint density at radius 2 is 1.76 bits per heavy atom. The fourth-order valence-electron chi connectivity index (χ4n) is 1.48. The van der Waals surface area contributed by atoms with E-state index in [0.29, 0.717) is 11.4 Å². The molecule has 0 aromatic heterocycles. The molecule has 0 aliphatic heterocycles. The van der Waals surface area contributed by atoms with Gasteiger partial charge in [0.05, 0.1) is 4.90 Å².